The third-order valence-corrected chi connectivity index (χ3v) is 8.18. The van der Waals surface area contributed by atoms with E-state index in [1.54, 1.807) is 24.3 Å². The van der Waals surface area contributed by atoms with Crippen molar-refractivity contribution in [2.24, 2.45) is 0 Å². The monoisotopic (exact) mass is 322 g/mol. The second kappa shape index (κ2) is 7.53. The minimum atomic E-state index is -3.59. The van der Waals surface area contributed by atoms with E-state index in [-0.39, 0.29) is 5.03 Å². The highest BCUT2D eigenvalue weighted by atomic mass is 31.2. The van der Waals surface area contributed by atoms with Crippen LogP contribution < -0.4 is 0 Å². The zero-order chi connectivity index (χ0) is 15.2. The van der Waals surface area contributed by atoms with Gasteiger partial charge < -0.3 is 22.6 Å². The molecule has 0 aromatic heterocycles. The lowest BCUT2D eigenvalue weighted by molar-refractivity contribution is 0.232. The van der Waals surface area contributed by atoms with Gasteiger partial charge in [-0.05, 0) is 5.56 Å². The minimum absolute atomic E-state index is 0.253. The summed E-state index contributed by atoms with van der Waals surface area (Å²) in [5, 5.41) is 0.253. The van der Waals surface area contributed by atoms with Crippen molar-refractivity contribution >= 4 is 20.2 Å². The summed E-state index contributed by atoms with van der Waals surface area (Å²) in [5.74, 6) is 0. The molecule has 1 aromatic carbocycles. The zero-order valence-electron chi connectivity index (χ0n) is 12.2. The van der Waals surface area contributed by atoms with Crippen molar-refractivity contribution in [3.05, 3.63) is 35.9 Å². The second-order valence-electron chi connectivity index (χ2n) is 3.60. The maximum absolute atomic E-state index is 12.9. The van der Waals surface area contributed by atoms with Gasteiger partial charge in [-0.2, -0.15) is 0 Å². The number of hydrogen-bond donors (Lipinski definition) is 0. The Bertz CT molecular complexity index is 501. The molecule has 1 aromatic rings. The van der Waals surface area contributed by atoms with E-state index in [0.717, 1.165) is 0 Å². The van der Waals surface area contributed by atoms with Gasteiger partial charge in [-0.3, -0.25) is 4.57 Å². The van der Waals surface area contributed by atoms with Gasteiger partial charge in [0.05, 0.1) is 0 Å². The Morgan fingerprint density at radius 3 is 1.60 bits per heavy atom. The van der Waals surface area contributed by atoms with Crippen molar-refractivity contribution in [2.75, 3.05) is 35.5 Å². The highest BCUT2D eigenvalue weighted by Crippen LogP contribution is 2.64. The summed E-state index contributed by atoms with van der Waals surface area (Å²) in [7, 11) is 0.291. The van der Waals surface area contributed by atoms with Crippen molar-refractivity contribution in [1.29, 1.82) is 0 Å². The first-order chi connectivity index (χ1) is 9.53. The molecule has 0 amide bonds. The van der Waals surface area contributed by atoms with Crippen LogP contribution in [0.4, 0.5) is 0 Å². The van der Waals surface area contributed by atoms with Gasteiger partial charge in [0.2, 0.25) is 0 Å². The lowest BCUT2D eigenvalue weighted by Gasteiger charge is -2.27. The van der Waals surface area contributed by atoms with Gasteiger partial charge in [-0.1, -0.05) is 30.3 Å². The van der Waals surface area contributed by atoms with E-state index in [9.17, 15) is 4.57 Å². The van der Waals surface area contributed by atoms with Gasteiger partial charge in [0.1, 0.15) is 5.03 Å². The van der Waals surface area contributed by atoms with Crippen LogP contribution in [0, 0.1) is 0 Å². The van der Waals surface area contributed by atoms with Gasteiger partial charge in [0, 0.05) is 35.5 Å². The van der Waals surface area contributed by atoms with E-state index in [2.05, 4.69) is 0 Å². The Balaban J connectivity index is 3.76. The molecule has 0 radical (unpaired) electrons. The average molecular weight is 322 g/mol. The molecular weight excluding hydrogens is 302 g/mol. The van der Waals surface area contributed by atoms with Crippen LogP contribution in [-0.2, 0) is 27.2 Å². The van der Waals surface area contributed by atoms with Gasteiger partial charge >= 0.3 is 7.60 Å². The first kappa shape index (κ1) is 17.6. The molecule has 0 saturated carbocycles. The van der Waals surface area contributed by atoms with E-state index in [4.69, 9.17) is 22.6 Å². The highest BCUT2D eigenvalue weighted by molar-refractivity contribution is 7.89. The first-order valence-corrected chi connectivity index (χ1v) is 8.83. The SMILES string of the molecule is COP(=O)(OC)C(c1ccccc1)=P(OC)(OC)OC. The number of benzene rings is 1. The molecule has 0 aliphatic rings. The number of hydrogen-bond acceptors (Lipinski definition) is 6. The van der Waals surface area contributed by atoms with Crippen molar-refractivity contribution in [1.82, 2.24) is 0 Å². The van der Waals surface area contributed by atoms with Crippen molar-refractivity contribution in [3.8, 4) is 0 Å². The van der Waals surface area contributed by atoms with Crippen molar-refractivity contribution < 1.29 is 27.2 Å². The third kappa shape index (κ3) is 3.23. The zero-order valence-corrected chi connectivity index (χ0v) is 14.0. The molecule has 0 atom stereocenters. The summed E-state index contributed by atoms with van der Waals surface area (Å²) in [6.07, 6.45) is 0. The Morgan fingerprint density at radius 1 is 0.800 bits per heavy atom. The molecule has 8 heteroatoms. The van der Waals surface area contributed by atoms with Crippen molar-refractivity contribution in [2.45, 2.75) is 0 Å². The van der Waals surface area contributed by atoms with Crippen LogP contribution in [0.1, 0.15) is 5.56 Å². The predicted molar refractivity (Wildman–Crippen MR) is 80.1 cm³/mol. The topological polar surface area (TPSA) is 63.2 Å². The predicted octanol–water partition coefficient (Wildman–Crippen LogP) is 3.35. The molecule has 1 rings (SSSR count). The normalized spacial score (nSPS) is 12.4. The molecular formula is C12H20O6P2. The Kier molecular flexibility index (Phi) is 6.62. The van der Waals surface area contributed by atoms with Crippen LogP contribution in [0.3, 0.4) is 0 Å². The fraction of sp³-hybridized carbons (Fsp3) is 0.417. The molecule has 6 nitrogen and oxygen atoms in total. The van der Waals surface area contributed by atoms with Gasteiger partial charge in [0.15, 0.2) is 0 Å². The second-order valence-corrected chi connectivity index (χ2v) is 8.66. The molecule has 0 heterocycles. The molecule has 0 bridgehead atoms. The fourth-order valence-electron chi connectivity index (χ4n) is 1.78. The Hall–Kier alpha value is -0.450. The molecule has 0 spiro atoms. The van der Waals surface area contributed by atoms with E-state index in [1.807, 2.05) is 6.07 Å². The lowest BCUT2D eigenvalue weighted by Crippen LogP contribution is -2.12. The van der Waals surface area contributed by atoms with Crippen LogP contribution >= 0.6 is 15.2 Å². The molecule has 0 fully saturated rings. The Morgan fingerprint density at radius 2 is 1.25 bits per heavy atom. The lowest BCUT2D eigenvalue weighted by atomic mass is 10.2. The maximum atomic E-state index is 12.9. The largest absolute Gasteiger partial charge is 0.368 e. The number of rotatable bonds is 7. The van der Waals surface area contributed by atoms with Gasteiger partial charge in [0.25, 0.3) is 7.57 Å². The van der Waals surface area contributed by atoms with Crippen LogP contribution in [0.15, 0.2) is 30.3 Å². The maximum Gasteiger partial charge on any atom is 0.368 e. The third-order valence-electron chi connectivity index (χ3n) is 2.75. The van der Waals surface area contributed by atoms with E-state index in [1.165, 1.54) is 35.5 Å². The molecule has 114 valence electrons. The van der Waals surface area contributed by atoms with Crippen LogP contribution in [0.5, 0.6) is 0 Å². The Labute approximate surface area is 119 Å². The summed E-state index contributed by atoms with van der Waals surface area (Å²) < 4.78 is 39.3. The molecule has 0 saturated heterocycles. The minimum Gasteiger partial charge on any atom is -0.320 e. The summed E-state index contributed by atoms with van der Waals surface area (Å²) >= 11 is 0. The van der Waals surface area contributed by atoms with E-state index in [0.29, 0.717) is 5.56 Å². The first-order valence-electron chi connectivity index (χ1n) is 5.74. The van der Waals surface area contributed by atoms with E-state index < -0.39 is 15.2 Å². The smallest absolute Gasteiger partial charge is 0.320 e. The van der Waals surface area contributed by atoms with Crippen molar-refractivity contribution in [3.63, 3.8) is 0 Å². The molecule has 0 unspecified atom stereocenters. The molecule has 0 aliphatic carbocycles. The highest BCUT2D eigenvalue weighted by Gasteiger charge is 2.40. The molecule has 0 N–H and O–H groups in total. The van der Waals surface area contributed by atoms with Crippen LogP contribution in [0.25, 0.3) is 0 Å². The fourth-order valence-corrected chi connectivity index (χ4v) is 6.60. The van der Waals surface area contributed by atoms with Crippen LogP contribution in [-0.4, -0.2) is 40.6 Å². The molecule has 0 aliphatic heterocycles. The van der Waals surface area contributed by atoms with Crippen LogP contribution in [0.2, 0.25) is 0 Å². The summed E-state index contributed by atoms with van der Waals surface area (Å²) in [6.45, 7) is 0. The van der Waals surface area contributed by atoms with E-state index >= 15 is 0 Å². The quantitative estimate of drug-likeness (QED) is 0.717. The summed E-state index contributed by atoms with van der Waals surface area (Å²) in [6, 6.07) is 9.00. The summed E-state index contributed by atoms with van der Waals surface area (Å²) in [5.41, 5.74) is 0.624. The standard InChI is InChI=1S/C12H20O6P2/c1-14-19(13,15-2)12(11-9-7-6-8-10-11)20(16-3,17-4)18-5/h6-10H,1-5H3. The van der Waals surface area contributed by atoms with Gasteiger partial charge in [-0.15, -0.1) is 0 Å². The average Bonchev–Trinajstić information content (AvgIpc) is 2.53. The van der Waals surface area contributed by atoms with Gasteiger partial charge in [-0.25, -0.2) is 0 Å². The summed E-state index contributed by atoms with van der Waals surface area (Å²) in [4.78, 5) is 0. The molecule has 20 heavy (non-hydrogen) atoms.